The van der Waals surface area contributed by atoms with E-state index < -0.39 is 26.8 Å². The maximum atomic E-state index is 13.4. The molecule has 1 heterocycles. The number of sulfone groups is 1. The Morgan fingerprint density at radius 1 is 1.11 bits per heavy atom. The minimum atomic E-state index is -3.73. The maximum absolute atomic E-state index is 13.4. The fourth-order valence-corrected chi connectivity index (χ4v) is 6.01. The van der Waals surface area contributed by atoms with Crippen LogP contribution in [-0.4, -0.2) is 20.9 Å². The molecule has 0 radical (unpaired) electrons. The molecule has 0 fully saturated rings. The molecule has 0 unspecified atom stereocenters. The molecule has 28 heavy (non-hydrogen) atoms. The van der Waals surface area contributed by atoms with Crippen molar-refractivity contribution in [1.29, 1.82) is 0 Å². The molecule has 1 N–H and O–H groups in total. The van der Waals surface area contributed by atoms with E-state index in [2.05, 4.69) is 5.32 Å². The van der Waals surface area contributed by atoms with Gasteiger partial charge in [0.25, 0.3) is 5.91 Å². The number of thiophene rings is 1. The Balaban J connectivity index is 1.91. The van der Waals surface area contributed by atoms with Crippen molar-refractivity contribution in [3.8, 4) is 0 Å². The van der Waals surface area contributed by atoms with Crippen molar-refractivity contribution < 1.29 is 17.6 Å². The molecule has 1 aromatic heterocycles. The molecule has 0 spiro atoms. The standard InChI is InChI=1S/C21H20FNO3S2/c1-14-5-6-15(2)19(12-14)28(25,26)20(18-4-3-11-27-18)13-23-21(24)16-7-9-17(22)10-8-16/h3-12,20H,13H2,1-2H3,(H,23,24)/t20-/m1/s1. The monoisotopic (exact) mass is 417 g/mol. The first-order valence-corrected chi connectivity index (χ1v) is 11.1. The SMILES string of the molecule is Cc1ccc(C)c(S(=O)(=O)[C@H](CNC(=O)c2ccc(F)cc2)c2cccs2)c1. The summed E-state index contributed by atoms with van der Waals surface area (Å²) in [5.74, 6) is -0.886. The van der Waals surface area contributed by atoms with Gasteiger partial charge in [-0.3, -0.25) is 4.79 Å². The average Bonchev–Trinajstić information content (AvgIpc) is 3.18. The third-order valence-corrected chi connectivity index (χ3v) is 7.80. The quantitative estimate of drug-likeness (QED) is 0.645. The maximum Gasteiger partial charge on any atom is 0.251 e. The number of carbonyl (C=O) groups is 1. The Kier molecular flexibility index (Phi) is 5.96. The number of halogens is 1. The summed E-state index contributed by atoms with van der Waals surface area (Å²) in [4.78, 5) is 13.3. The van der Waals surface area contributed by atoms with Crippen LogP contribution in [0.15, 0.2) is 64.9 Å². The van der Waals surface area contributed by atoms with Crippen LogP contribution in [0.25, 0.3) is 0 Å². The topological polar surface area (TPSA) is 63.2 Å². The highest BCUT2D eigenvalue weighted by Gasteiger charge is 2.31. The summed E-state index contributed by atoms with van der Waals surface area (Å²) in [6.45, 7) is 3.52. The Labute approximate surface area is 168 Å². The number of rotatable bonds is 6. The lowest BCUT2D eigenvalue weighted by Gasteiger charge is -2.19. The summed E-state index contributed by atoms with van der Waals surface area (Å²) >= 11 is 1.33. The van der Waals surface area contributed by atoms with Crippen LogP contribution in [0.5, 0.6) is 0 Å². The molecule has 4 nitrogen and oxygen atoms in total. The first-order valence-electron chi connectivity index (χ1n) is 8.67. The van der Waals surface area contributed by atoms with Gasteiger partial charge in [0, 0.05) is 17.0 Å². The molecule has 0 aliphatic carbocycles. The van der Waals surface area contributed by atoms with Gasteiger partial charge in [-0.05, 0) is 66.8 Å². The second-order valence-corrected chi connectivity index (χ2v) is 9.61. The van der Waals surface area contributed by atoms with Crippen molar-refractivity contribution in [2.24, 2.45) is 0 Å². The van der Waals surface area contributed by atoms with Crippen molar-refractivity contribution in [3.63, 3.8) is 0 Å². The largest absolute Gasteiger partial charge is 0.350 e. The summed E-state index contributed by atoms with van der Waals surface area (Å²) in [5, 5.41) is 3.59. The van der Waals surface area contributed by atoms with Crippen LogP contribution in [0, 0.1) is 19.7 Å². The number of hydrogen-bond acceptors (Lipinski definition) is 4. The zero-order valence-corrected chi connectivity index (χ0v) is 17.1. The Morgan fingerprint density at radius 2 is 1.82 bits per heavy atom. The van der Waals surface area contributed by atoms with Crippen LogP contribution in [0.1, 0.15) is 31.6 Å². The van der Waals surface area contributed by atoms with E-state index in [0.717, 1.165) is 5.56 Å². The highest BCUT2D eigenvalue weighted by atomic mass is 32.2. The van der Waals surface area contributed by atoms with E-state index in [1.54, 1.807) is 31.2 Å². The fourth-order valence-electron chi connectivity index (χ4n) is 2.89. The average molecular weight is 418 g/mol. The van der Waals surface area contributed by atoms with Gasteiger partial charge >= 0.3 is 0 Å². The molecule has 0 bridgehead atoms. The van der Waals surface area contributed by atoms with Crippen LogP contribution in [-0.2, 0) is 9.84 Å². The fraction of sp³-hybridized carbons (Fsp3) is 0.190. The molecular weight excluding hydrogens is 397 g/mol. The van der Waals surface area contributed by atoms with Gasteiger partial charge in [-0.1, -0.05) is 18.2 Å². The molecule has 1 amide bonds. The van der Waals surface area contributed by atoms with Crippen molar-refractivity contribution in [2.45, 2.75) is 24.0 Å². The normalized spacial score (nSPS) is 12.5. The van der Waals surface area contributed by atoms with Gasteiger partial charge in [-0.15, -0.1) is 11.3 Å². The molecule has 0 saturated carbocycles. The van der Waals surface area contributed by atoms with Crippen LogP contribution in [0.4, 0.5) is 4.39 Å². The van der Waals surface area contributed by atoms with E-state index in [4.69, 9.17) is 0 Å². The summed E-state index contributed by atoms with van der Waals surface area (Å²) in [5.41, 5.74) is 1.79. The van der Waals surface area contributed by atoms with Gasteiger partial charge in [0.2, 0.25) is 0 Å². The molecule has 3 rings (SSSR count). The van der Waals surface area contributed by atoms with E-state index in [1.807, 2.05) is 18.4 Å². The van der Waals surface area contributed by atoms with E-state index in [-0.39, 0.29) is 17.0 Å². The van der Waals surface area contributed by atoms with Crippen molar-refractivity contribution in [1.82, 2.24) is 5.32 Å². The van der Waals surface area contributed by atoms with Gasteiger partial charge in [0.05, 0.1) is 4.90 Å². The molecule has 0 saturated heterocycles. The van der Waals surface area contributed by atoms with E-state index >= 15 is 0 Å². The number of hydrogen-bond donors (Lipinski definition) is 1. The van der Waals surface area contributed by atoms with Crippen molar-refractivity contribution in [2.75, 3.05) is 6.54 Å². The van der Waals surface area contributed by atoms with Gasteiger partial charge in [0.1, 0.15) is 11.1 Å². The van der Waals surface area contributed by atoms with Gasteiger partial charge < -0.3 is 5.32 Å². The summed E-state index contributed by atoms with van der Waals surface area (Å²) in [7, 11) is -3.73. The molecule has 7 heteroatoms. The highest BCUT2D eigenvalue weighted by Crippen LogP contribution is 2.33. The lowest BCUT2D eigenvalue weighted by molar-refractivity contribution is 0.0953. The van der Waals surface area contributed by atoms with Gasteiger partial charge in [0.15, 0.2) is 9.84 Å². The molecule has 2 aromatic carbocycles. The Morgan fingerprint density at radius 3 is 2.46 bits per heavy atom. The summed E-state index contributed by atoms with van der Waals surface area (Å²) < 4.78 is 39.9. The summed E-state index contributed by atoms with van der Waals surface area (Å²) in [6.07, 6.45) is 0. The minimum absolute atomic E-state index is 0.0769. The Hall–Kier alpha value is -2.51. The predicted octanol–water partition coefficient (Wildman–Crippen LogP) is 4.45. The first kappa shape index (κ1) is 20.2. The van der Waals surface area contributed by atoms with Crippen molar-refractivity contribution >= 4 is 27.1 Å². The van der Waals surface area contributed by atoms with E-state index in [1.165, 1.54) is 35.6 Å². The molecule has 146 valence electrons. The van der Waals surface area contributed by atoms with E-state index in [9.17, 15) is 17.6 Å². The third-order valence-electron chi connectivity index (χ3n) is 4.44. The molecule has 3 aromatic rings. The molecule has 1 atom stereocenters. The zero-order valence-electron chi connectivity index (χ0n) is 15.5. The highest BCUT2D eigenvalue weighted by molar-refractivity contribution is 7.92. The van der Waals surface area contributed by atoms with Crippen LogP contribution in [0.3, 0.4) is 0 Å². The number of amides is 1. The minimum Gasteiger partial charge on any atom is -0.350 e. The first-order chi connectivity index (χ1) is 13.3. The number of nitrogens with one attached hydrogen (secondary N) is 1. The number of carbonyl (C=O) groups excluding carboxylic acids is 1. The van der Waals surface area contributed by atoms with E-state index in [0.29, 0.717) is 10.4 Å². The van der Waals surface area contributed by atoms with Crippen LogP contribution in [0.2, 0.25) is 0 Å². The Bertz CT molecular complexity index is 1080. The van der Waals surface area contributed by atoms with Gasteiger partial charge in [-0.25, -0.2) is 12.8 Å². The second kappa shape index (κ2) is 8.24. The van der Waals surface area contributed by atoms with Gasteiger partial charge in [-0.2, -0.15) is 0 Å². The molecule has 0 aliphatic rings. The molecule has 0 aliphatic heterocycles. The smallest absolute Gasteiger partial charge is 0.251 e. The summed E-state index contributed by atoms with van der Waals surface area (Å²) in [6, 6.07) is 14.0. The number of aryl methyl sites for hydroxylation is 2. The molecular formula is C21H20FNO3S2. The van der Waals surface area contributed by atoms with Crippen molar-refractivity contribution in [3.05, 3.63) is 87.4 Å². The van der Waals surface area contributed by atoms with Crippen LogP contribution < -0.4 is 5.32 Å². The lowest BCUT2D eigenvalue weighted by Crippen LogP contribution is -2.31. The zero-order chi connectivity index (χ0) is 20.3. The third kappa shape index (κ3) is 4.31. The second-order valence-electron chi connectivity index (χ2n) is 6.53. The predicted molar refractivity (Wildman–Crippen MR) is 109 cm³/mol. The number of benzene rings is 2. The lowest BCUT2D eigenvalue weighted by atomic mass is 10.2. The van der Waals surface area contributed by atoms with Crippen LogP contribution >= 0.6 is 11.3 Å².